The maximum absolute atomic E-state index is 12.8. The lowest BCUT2D eigenvalue weighted by molar-refractivity contribution is -0.132. The van der Waals surface area contributed by atoms with E-state index in [0.717, 1.165) is 35.2 Å². The van der Waals surface area contributed by atoms with Gasteiger partial charge in [-0.2, -0.15) is 4.98 Å². The number of aromatic nitrogens is 4. The van der Waals surface area contributed by atoms with Crippen LogP contribution in [-0.2, 0) is 11.2 Å². The van der Waals surface area contributed by atoms with Gasteiger partial charge in [0.05, 0.1) is 17.6 Å². The number of nitrogens with zero attached hydrogens (tertiary/aromatic N) is 4. The number of hydrogen-bond donors (Lipinski definition) is 1. The van der Waals surface area contributed by atoms with Crippen molar-refractivity contribution in [3.05, 3.63) is 64.9 Å². The highest BCUT2D eigenvalue weighted by Crippen LogP contribution is 2.25. The van der Waals surface area contributed by atoms with Crippen molar-refractivity contribution in [1.29, 1.82) is 0 Å². The Labute approximate surface area is 196 Å². The highest BCUT2D eigenvalue weighted by Gasteiger charge is 2.26. The van der Waals surface area contributed by atoms with Crippen LogP contribution in [0, 0.1) is 0 Å². The number of piperidine rings is 1. The van der Waals surface area contributed by atoms with Crippen molar-refractivity contribution in [2.45, 2.75) is 38.6 Å². The lowest BCUT2D eigenvalue weighted by Crippen LogP contribution is -2.40. The second-order valence-corrected chi connectivity index (χ2v) is 8.40. The van der Waals surface area contributed by atoms with Gasteiger partial charge < -0.3 is 19.1 Å². The molecular formula is C25H27N5O4. The topological polar surface area (TPSA) is 106 Å². The Morgan fingerprint density at radius 1 is 1.15 bits per heavy atom. The fourth-order valence-corrected chi connectivity index (χ4v) is 4.52. The minimum atomic E-state index is -0.0919. The number of likely N-dealkylation sites (tertiary alicyclic amines) is 1. The zero-order valence-electron chi connectivity index (χ0n) is 19.1. The third-order valence-electron chi connectivity index (χ3n) is 6.25. The monoisotopic (exact) mass is 461 g/mol. The first-order chi connectivity index (χ1) is 16.6. The molecule has 0 atom stereocenters. The quantitative estimate of drug-likeness (QED) is 0.451. The molecule has 1 fully saturated rings. The number of carbonyl (C=O) groups is 1. The molecule has 5 rings (SSSR count). The van der Waals surface area contributed by atoms with Gasteiger partial charge in [-0.3, -0.25) is 9.36 Å². The van der Waals surface area contributed by atoms with Crippen LogP contribution >= 0.6 is 0 Å². The predicted octanol–water partition coefficient (Wildman–Crippen LogP) is 3.57. The van der Waals surface area contributed by atoms with E-state index in [4.69, 9.17) is 9.26 Å². The molecule has 0 unspecified atom stereocenters. The smallest absolute Gasteiger partial charge is 0.326 e. The Morgan fingerprint density at radius 3 is 2.68 bits per heavy atom. The van der Waals surface area contributed by atoms with E-state index in [0.29, 0.717) is 44.3 Å². The standard InChI is InChI=1S/C25H27N5O4/c1-2-33-19-9-7-17(8-10-19)24-27-22(34-28-24)11-12-23(31)29-15-13-18(14-16-29)30-21-6-4-3-5-20(21)26-25(30)32/h3-10,18H,2,11-16H2,1H3,(H,26,32). The summed E-state index contributed by atoms with van der Waals surface area (Å²) >= 11 is 0. The summed E-state index contributed by atoms with van der Waals surface area (Å²) in [5.41, 5.74) is 2.50. The van der Waals surface area contributed by atoms with Crippen molar-refractivity contribution < 1.29 is 14.1 Å². The van der Waals surface area contributed by atoms with Crippen LogP contribution < -0.4 is 10.4 Å². The second kappa shape index (κ2) is 9.54. The summed E-state index contributed by atoms with van der Waals surface area (Å²) in [6.07, 6.45) is 2.19. The Bertz CT molecular complexity index is 1330. The largest absolute Gasteiger partial charge is 0.494 e. The highest BCUT2D eigenvalue weighted by molar-refractivity contribution is 5.77. The Kier molecular flexibility index (Phi) is 6.16. The number of carbonyl (C=O) groups excluding carboxylic acids is 1. The Balaban J connectivity index is 1.15. The molecule has 4 aromatic rings. The van der Waals surface area contributed by atoms with Gasteiger partial charge in [0.15, 0.2) is 0 Å². The van der Waals surface area contributed by atoms with Gasteiger partial charge in [-0.15, -0.1) is 0 Å². The second-order valence-electron chi connectivity index (χ2n) is 8.40. The molecular weight excluding hydrogens is 434 g/mol. The summed E-state index contributed by atoms with van der Waals surface area (Å²) in [4.78, 5) is 34.4. The van der Waals surface area contributed by atoms with E-state index >= 15 is 0 Å². The SMILES string of the molecule is CCOc1ccc(-c2noc(CCC(=O)N3CCC(n4c(=O)[nH]c5ccccc54)CC3)n2)cc1. The molecule has 1 N–H and O–H groups in total. The first kappa shape index (κ1) is 21.9. The van der Waals surface area contributed by atoms with Crippen molar-refractivity contribution in [2.24, 2.45) is 0 Å². The van der Waals surface area contributed by atoms with E-state index < -0.39 is 0 Å². The van der Waals surface area contributed by atoms with Gasteiger partial charge in [0.1, 0.15) is 5.75 Å². The minimum Gasteiger partial charge on any atom is -0.494 e. The summed E-state index contributed by atoms with van der Waals surface area (Å²) in [6, 6.07) is 15.3. The predicted molar refractivity (Wildman–Crippen MR) is 127 cm³/mol. The number of ether oxygens (including phenoxy) is 1. The molecule has 9 nitrogen and oxygen atoms in total. The zero-order valence-corrected chi connectivity index (χ0v) is 19.1. The van der Waals surface area contributed by atoms with Gasteiger partial charge >= 0.3 is 5.69 Å². The van der Waals surface area contributed by atoms with Gasteiger partial charge in [0, 0.05) is 37.5 Å². The summed E-state index contributed by atoms with van der Waals surface area (Å²) in [5.74, 6) is 1.79. The van der Waals surface area contributed by atoms with Gasteiger partial charge in [-0.25, -0.2) is 4.79 Å². The molecule has 0 aliphatic carbocycles. The van der Waals surface area contributed by atoms with Crippen LogP contribution in [0.4, 0.5) is 0 Å². The maximum Gasteiger partial charge on any atom is 0.326 e. The van der Waals surface area contributed by atoms with Crippen LogP contribution in [0.3, 0.4) is 0 Å². The van der Waals surface area contributed by atoms with Crippen LogP contribution in [-0.4, -0.2) is 50.2 Å². The van der Waals surface area contributed by atoms with Gasteiger partial charge in [-0.1, -0.05) is 17.3 Å². The minimum absolute atomic E-state index is 0.0607. The molecule has 0 saturated carbocycles. The average Bonchev–Trinajstić information content (AvgIpc) is 3.47. The fraction of sp³-hybridized carbons (Fsp3) is 0.360. The van der Waals surface area contributed by atoms with E-state index in [-0.39, 0.29) is 17.6 Å². The number of amides is 1. The Hall–Kier alpha value is -3.88. The lowest BCUT2D eigenvalue weighted by atomic mass is 10.0. The summed E-state index contributed by atoms with van der Waals surface area (Å²) in [5, 5.41) is 4.04. The lowest BCUT2D eigenvalue weighted by Gasteiger charge is -2.32. The number of fused-ring (bicyclic) bond motifs is 1. The van der Waals surface area contributed by atoms with E-state index in [2.05, 4.69) is 15.1 Å². The number of hydrogen-bond acceptors (Lipinski definition) is 6. The molecule has 176 valence electrons. The highest BCUT2D eigenvalue weighted by atomic mass is 16.5. The summed E-state index contributed by atoms with van der Waals surface area (Å²) in [7, 11) is 0. The normalized spacial score (nSPS) is 14.6. The van der Waals surface area contributed by atoms with Crippen LogP contribution in [0.25, 0.3) is 22.4 Å². The first-order valence-electron chi connectivity index (χ1n) is 11.6. The van der Waals surface area contributed by atoms with Gasteiger partial charge in [0.2, 0.25) is 17.6 Å². The molecule has 9 heteroatoms. The number of rotatable bonds is 7. The summed E-state index contributed by atoms with van der Waals surface area (Å²) in [6.45, 7) is 3.79. The number of H-pyrrole nitrogens is 1. The first-order valence-corrected chi connectivity index (χ1v) is 11.6. The van der Waals surface area contributed by atoms with E-state index in [1.54, 1.807) is 0 Å². The third kappa shape index (κ3) is 4.46. The van der Waals surface area contributed by atoms with E-state index in [1.807, 2.05) is 64.9 Å². The molecule has 1 saturated heterocycles. The van der Waals surface area contributed by atoms with Crippen molar-refractivity contribution in [3.63, 3.8) is 0 Å². The van der Waals surface area contributed by atoms with Crippen LogP contribution in [0.5, 0.6) is 5.75 Å². The number of para-hydroxylation sites is 2. The van der Waals surface area contributed by atoms with Crippen LogP contribution in [0.2, 0.25) is 0 Å². The average molecular weight is 462 g/mol. The molecule has 0 spiro atoms. The molecule has 2 aromatic carbocycles. The van der Waals surface area contributed by atoms with Crippen LogP contribution in [0.15, 0.2) is 57.8 Å². The molecule has 0 bridgehead atoms. The third-order valence-corrected chi connectivity index (χ3v) is 6.25. The van der Waals surface area contributed by atoms with E-state index in [1.165, 1.54) is 0 Å². The van der Waals surface area contributed by atoms with Crippen molar-refractivity contribution >= 4 is 16.9 Å². The Morgan fingerprint density at radius 2 is 1.91 bits per heavy atom. The fourth-order valence-electron chi connectivity index (χ4n) is 4.52. The molecule has 0 radical (unpaired) electrons. The van der Waals surface area contributed by atoms with Gasteiger partial charge in [-0.05, 0) is 56.2 Å². The van der Waals surface area contributed by atoms with Crippen molar-refractivity contribution in [3.8, 4) is 17.1 Å². The molecule has 1 amide bonds. The van der Waals surface area contributed by atoms with Crippen LogP contribution in [0.1, 0.15) is 38.1 Å². The molecule has 1 aliphatic rings. The number of aromatic amines is 1. The van der Waals surface area contributed by atoms with E-state index in [9.17, 15) is 9.59 Å². The number of nitrogens with one attached hydrogen (secondary N) is 1. The molecule has 3 heterocycles. The maximum atomic E-state index is 12.8. The molecule has 1 aliphatic heterocycles. The number of aryl methyl sites for hydroxylation is 1. The number of benzene rings is 2. The molecule has 34 heavy (non-hydrogen) atoms. The molecule has 2 aromatic heterocycles. The van der Waals surface area contributed by atoms with Crippen molar-refractivity contribution in [1.82, 2.24) is 24.6 Å². The zero-order chi connectivity index (χ0) is 23.5. The number of imidazole rings is 1. The summed E-state index contributed by atoms with van der Waals surface area (Å²) < 4.78 is 12.6. The van der Waals surface area contributed by atoms with Crippen molar-refractivity contribution in [2.75, 3.05) is 19.7 Å². The van der Waals surface area contributed by atoms with Gasteiger partial charge in [0.25, 0.3) is 0 Å².